The minimum absolute atomic E-state index is 1.08. The summed E-state index contributed by atoms with van der Waals surface area (Å²) in [5.41, 5.74) is 13.0. The molecule has 11 aromatic rings. The van der Waals surface area contributed by atoms with E-state index in [1.54, 1.807) is 0 Å². The molecule has 0 unspecified atom stereocenters. The van der Waals surface area contributed by atoms with Crippen LogP contribution in [0, 0.1) is 0 Å². The Morgan fingerprint density at radius 3 is 1.95 bits per heavy atom. The largest absolute Gasteiger partial charge is 0.355 e. The molecule has 1 N–H and O–H groups in total. The van der Waals surface area contributed by atoms with E-state index in [0.29, 0.717) is 0 Å². The number of para-hydroxylation sites is 1. The van der Waals surface area contributed by atoms with E-state index in [1.165, 1.54) is 86.1 Å². The Labute approximate surface area is 323 Å². The quantitative estimate of drug-likeness (QED) is 0.181. The van der Waals surface area contributed by atoms with Crippen molar-refractivity contribution in [2.24, 2.45) is 0 Å². The van der Waals surface area contributed by atoms with E-state index < -0.39 is 0 Å². The Hall–Kier alpha value is -6.94. The van der Waals surface area contributed by atoms with Gasteiger partial charge in [-0.25, -0.2) is 0 Å². The van der Waals surface area contributed by atoms with Gasteiger partial charge in [0.2, 0.25) is 0 Å². The molecule has 0 fully saturated rings. The SMILES string of the molecule is c1ccc(-c2ccc(-n3c4ccc(-c5cccc(-c6ccccc6Nc6cccc7ccccc67)c5)cc4c4ccc5sc6ccccc6c5c43)cc2)cc1. The molecule has 0 spiro atoms. The lowest BCUT2D eigenvalue weighted by molar-refractivity contribution is 1.19. The van der Waals surface area contributed by atoms with Crippen LogP contribution in [0.2, 0.25) is 0 Å². The summed E-state index contributed by atoms with van der Waals surface area (Å²) >= 11 is 1.87. The Bertz CT molecular complexity index is 3220. The molecule has 2 aromatic heterocycles. The summed E-state index contributed by atoms with van der Waals surface area (Å²) in [5.74, 6) is 0. The molecule has 11 rings (SSSR count). The topological polar surface area (TPSA) is 17.0 Å². The predicted molar refractivity (Wildman–Crippen MR) is 237 cm³/mol. The Morgan fingerprint density at radius 2 is 1.04 bits per heavy atom. The summed E-state index contributed by atoms with van der Waals surface area (Å²) in [6.45, 7) is 0. The van der Waals surface area contributed by atoms with Gasteiger partial charge in [-0.1, -0.05) is 146 Å². The summed E-state index contributed by atoms with van der Waals surface area (Å²) < 4.78 is 5.10. The van der Waals surface area contributed by atoms with E-state index in [-0.39, 0.29) is 0 Å². The van der Waals surface area contributed by atoms with Crippen LogP contribution in [-0.2, 0) is 0 Å². The molecule has 0 aliphatic rings. The average Bonchev–Trinajstić information content (AvgIpc) is 3.80. The molecule has 0 atom stereocenters. The molecule has 0 amide bonds. The Balaban J connectivity index is 1.06. The van der Waals surface area contributed by atoms with Crippen LogP contribution in [0.25, 0.3) is 91.8 Å². The van der Waals surface area contributed by atoms with Crippen LogP contribution in [0.5, 0.6) is 0 Å². The molecule has 0 radical (unpaired) electrons. The standard InChI is InChI=1S/C52H34N2S/c1-2-12-34(13-3-1)35-24-27-40(28-25-35)54-48-30-26-38(33-45(48)43-29-31-50-51(52(43)54)44-20-7-9-23-49(44)55-50)37-16-10-17-39(32-37)42-19-6-8-21-46(42)53-47-22-11-15-36-14-4-5-18-41(36)47/h1-33,53H. The van der Waals surface area contributed by atoms with Crippen molar-refractivity contribution in [2.45, 2.75) is 0 Å². The number of fused-ring (bicyclic) bond motifs is 8. The van der Waals surface area contributed by atoms with Crippen molar-refractivity contribution in [3.8, 4) is 39.1 Å². The van der Waals surface area contributed by atoms with Gasteiger partial charge >= 0.3 is 0 Å². The highest BCUT2D eigenvalue weighted by atomic mass is 32.1. The summed E-state index contributed by atoms with van der Waals surface area (Å²) in [5, 5.41) is 11.3. The summed E-state index contributed by atoms with van der Waals surface area (Å²) in [4.78, 5) is 0. The molecule has 9 aromatic carbocycles. The van der Waals surface area contributed by atoms with E-state index in [4.69, 9.17) is 0 Å². The van der Waals surface area contributed by atoms with Gasteiger partial charge in [-0.05, 0) is 87.8 Å². The number of nitrogens with zero attached hydrogens (tertiary/aromatic N) is 1. The molecule has 0 bridgehead atoms. The third-order valence-electron chi connectivity index (χ3n) is 11.0. The predicted octanol–water partition coefficient (Wildman–Crippen LogP) is 15.0. The van der Waals surface area contributed by atoms with E-state index in [2.05, 4.69) is 210 Å². The molecular weight excluding hydrogens is 685 g/mol. The highest BCUT2D eigenvalue weighted by Crippen LogP contribution is 2.44. The van der Waals surface area contributed by atoms with Crippen molar-refractivity contribution in [3.05, 3.63) is 200 Å². The summed E-state index contributed by atoms with van der Waals surface area (Å²) in [7, 11) is 0. The normalized spacial score (nSPS) is 11.6. The monoisotopic (exact) mass is 718 g/mol. The Kier molecular flexibility index (Phi) is 7.39. The fourth-order valence-electron chi connectivity index (χ4n) is 8.39. The fraction of sp³-hybridized carbons (Fsp3) is 0. The van der Waals surface area contributed by atoms with E-state index in [1.807, 2.05) is 11.3 Å². The molecule has 3 heteroatoms. The maximum absolute atomic E-state index is 3.77. The number of hydrogen-bond donors (Lipinski definition) is 1. The lowest BCUT2D eigenvalue weighted by Gasteiger charge is -2.15. The van der Waals surface area contributed by atoms with Crippen LogP contribution < -0.4 is 5.32 Å². The molecule has 0 aliphatic carbocycles. The molecule has 55 heavy (non-hydrogen) atoms. The van der Waals surface area contributed by atoms with Gasteiger partial charge in [0.15, 0.2) is 0 Å². The first kappa shape index (κ1) is 31.6. The van der Waals surface area contributed by atoms with Crippen molar-refractivity contribution in [3.63, 3.8) is 0 Å². The van der Waals surface area contributed by atoms with E-state index >= 15 is 0 Å². The third kappa shape index (κ3) is 5.32. The second-order valence-electron chi connectivity index (χ2n) is 14.2. The van der Waals surface area contributed by atoms with Gasteiger partial charge in [0.1, 0.15) is 0 Å². The zero-order valence-electron chi connectivity index (χ0n) is 29.9. The number of rotatable bonds is 6. The molecule has 0 saturated heterocycles. The molecule has 0 aliphatic heterocycles. The Morgan fingerprint density at radius 1 is 0.382 bits per heavy atom. The van der Waals surface area contributed by atoms with Crippen molar-refractivity contribution >= 4 is 75.5 Å². The van der Waals surface area contributed by atoms with Crippen LogP contribution in [0.1, 0.15) is 0 Å². The number of anilines is 2. The van der Waals surface area contributed by atoms with Gasteiger partial charge < -0.3 is 9.88 Å². The molecular formula is C52H34N2S. The van der Waals surface area contributed by atoms with Crippen molar-refractivity contribution < 1.29 is 0 Å². The number of hydrogen-bond acceptors (Lipinski definition) is 2. The molecule has 2 heterocycles. The van der Waals surface area contributed by atoms with Gasteiger partial charge in [0, 0.05) is 59.0 Å². The number of aromatic nitrogens is 1. The smallest absolute Gasteiger partial charge is 0.0634 e. The first-order valence-corrected chi connectivity index (χ1v) is 19.6. The first-order valence-electron chi connectivity index (χ1n) is 18.8. The lowest BCUT2D eigenvalue weighted by atomic mass is 9.96. The van der Waals surface area contributed by atoms with Crippen LogP contribution in [0.3, 0.4) is 0 Å². The van der Waals surface area contributed by atoms with Gasteiger partial charge in [-0.15, -0.1) is 11.3 Å². The third-order valence-corrected chi connectivity index (χ3v) is 12.1. The molecule has 258 valence electrons. The summed E-state index contributed by atoms with van der Waals surface area (Å²) in [6.07, 6.45) is 0. The van der Waals surface area contributed by atoms with Crippen molar-refractivity contribution in [2.75, 3.05) is 5.32 Å². The minimum Gasteiger partial charge on any atom is -0.355 e. The van der Waals surface area contributed by atoms with Crippen LogP contribution in [0.4, 0.5) is 11.4 Å². The van der Waals surface area contributed by atoms with Gasteiger partial charge in [0.25, 0.3) is 0 Å². The first-order chi connectivity index (χ1) is 27.3. The van der Waals surface area contributed by atoms with Crippen molar-refractivity contribution in [1.29, 1.82) is 0 Å². The highest BCUT2D eigenvalue weighted by Gasteiger charge is 2.19. The highest BCUT2D eigenvalue weighted by molar-refractivity contribution is 7.26. The van der Waals surface area contributed by atoms with Gasteiger partial charge in [-0.3, -0.25) is 0 Å². The molecule has 0 saturated carbocycles. The lowest BCUT2D eigenvalue weighted by Crippen LogP contribution is -1.95. The van der Waals surface area contributed by atoms with Gasteiger partial charge in [0.05, 0.1) is 11.0 Å². The maximum atomic E-state index is 3.77. The van der Waals surface area contributed by atoms with Crippen LogP contribution in [-0.4, -0.2) is 4.57 Å². The van der Waals surface area contributed by atoms with Crippen molar-refractivity contribution in [1.82, 2.24) is 4.57 Å². The second-order valence-corrected chi connectivity index (χ2v) is 15.3. The number of thiophene rings is 1. The fourth-order valence-corrected chi connectivity index (χ4v) is 9.49. The minimum atomic E-state index is 1.08. The second kappa shape index (κ2) is 12.9. The number of benzene rings is 9. The number of nitrogens with one attached hydrogen (secondary N) is 1. The van der Waals surface area contributed by atoms with Crippen LogP contribution in [0.15, 0.2) is 200 Å². The van der Waals surface area contributed by atoms with Gasteiger partial charge in [-0.2, -0.15) is 0 Å². The average molecular weight is 719 g/mol. The maximum Gasteiger partial charge on any atom is 0.0634 e. The zero-order chi connectivity index (χ0) is 36.3. The van der Waals surface area contributed by atoms with E-state index in [9.17, 15) is 0 Å². The van der Waals surface area contributed by atoms with Crippen LogP contribution >= 0.6 is 11.3 Å². The summed E-state index contributed by atoms with van der Waals surface area (Å²) in [6, 6.07) is 72.7. The molecule has 2 nitrogen and oxygen atoms in total. The van der Waals surface area contributed by atoms with E-state index in [0.717, 1.165) is 17.1 Å². The zero-order valence-corrected chi connectivity index (χ0v) is 30.7.